The average Bonchev–Trinajstić information content (AvgIpc) is 3.22. The van der Waals surface area contributed by atoms with Gasteiger partial charge in [0.1, 0.15) is 5.75 Å². The van der Waals surface area contributed by atoms with E-state index in [0.717, 1.165) is 44.6 Å². The van der Waals surface area contributed by atoms with Crippen LogP contribution in [0.25, 0.3) is 38.9 Å². The third-order valence-electron chi connectivity index (χ3n) is 5.43. The van der Waals surface area contributed by atoms with Crippen LogP contribution < -0.4 is 9.47 Å². The Hall–Kier alpha value is -3.96. The summed E-state index contributed by atoms with van der Waals surface area (Å²) in [6.45, 7) is 2.85. The number of hydrogen-bond acceptors (Lipinski definition) is 6. The second-order valence-electron chi connectivity index (χ2n) is 8.00. The van der Waals surface area contributed by atoms with Crippen LogP contribution in [-0.2, 0) is 25.9 Å². The van der Waals surface area contributed by atoms with Crippen molar-refractivity contribution in [2.75, 3.05) is 14.2 Å². The van der Waals surface area contributed by atoms with Gasteiger partial charge in [0, 0.05) is 56.2 Å². The van der Waals surface area contributed by atoms with Crippen molar-refractivity contribution in [2.45, 2.75) is 13.8 Å². The molecule has 0 atom stereocenters. The predicted octanol–water partition coefficient (Wildman–Crippen LogP) is 6.09. The van der Waals surface area contributed by atoms with Crippen LogP contribution in [0, 0.1) is 6.07 Å². The van der Waals surface area contributed by atoms with Gasteiger partial charge < -0.3 is 24.1 Å². The van der Waals surface area contributed by atoms with E-state index >= 15 is 0 Å². The second kappa shape index (κ2) is 12.3. The van der Waals surface area contributed by atoms with Crippen molar-refractivity contribution in [3.05, 3.63) is 91.0 Å². The monoisotopic (exact) mass is 675 g/mol. The van der Waals surface area contributed by atoms with Gasteiger partial charge in [0.05, 0.1) is 31.0 Å². The van der Waals surface area contributed by atoms with Crippen LogP contribution in [0.3, 0.4) is 0 Å². The fraction of sp³-hybridized carbons (Fsp3) is 0.138. The summed E-state index contributed by atoms with van der Waals surface area (Å²) in [5.41, 5.74) is 5.58. The van der Waals surface area contributed by atoms with E-state index in [9.17, 15) is 4.79 Å². The molecule has 0 aliphatic rings. The normalized spacial score (nSPS) is 10.9. The second-order valence-corrected chi connectivity index (χ2v) is 8.00. The summed E-state index contributed by atoms with van der Waals surface area (Å²) in [5.74, 6) is 1.37. The van der Waals surface area contributed by atoms with Crippen LogP contribution in [-0.4, -0.2) is 39.6 Å². The number of aliphatic hydroxyl groups is 1. The SMILES string of the molecule is CC(=O)/C=C(/C)O.COc1ccnc(-c2[c-]cc(-n3c4ccccc4c4ncccc43)cc2OC)c1.[Pt]. The van der Waals surface area contributed by atoms with E-state index < -0.39 is 0 Å². The van der Waals surface area contributed by atoms with Gasteiger partial charge in [-0.15, -0.1) is 12.1 Å². The third kappa shape index (κ3) is 6.07. The smallest absolute Gasteiger partial charge is 0.155 e. The number of ether oxygens (including phenoxy) is 2. The Kier molecular flexibility index (Phi) is 9.20. The van der Waals surface area contributed by atoms with Crippen molar-refractivity contribution >= 4 is 27.7 Å². The molecule has 3 aromatic heterocycles. The first-order valence-corrected chi connectivity index (χ1v) is 11.3. The topological polar surface area (TPSA) is 86.5 Å². The maximum Gasteiger partial charge on any atom is 0.155 e. The molecule has 0 radical (unpaired) electrons. The quantitative estimate of drug-likeness (QED) is 0.138. The van der Waals surface area contributed by atoms with E-state index in [2.05, 4.69) is 38.8 Å². The summed E-state index contributed by atoms with van der Waals surface area (Å²) in [7, 11) is 3.30. The molecule has 3 heterocycles. The molecule has 0 unspecified atom stereocenters. The maximum absolute atomic E-state index is 10.0. The minimum atomic E-state index is -0.125. The molecular weight excluding hydrogens is 649 g/mol. The van der Waals surface area contributed by atoms with Crippen LogP contribution in [0.2, 0.25) is 0 Å². The van der Waals surface area contributed by atoms with Crippen LogP contribution in [0.5, 0.6) is 11.5 Å². The predicted molar refractivity (Wildman–Crippen MR) is 141 cm³/mol. The number of carbonyl (C=O) groups is 1. The van der Waals surface area contributed by atoms with Crippen LogP contribution in [0.4, 0.5) is 0 Å². The summed E-state index contributed by atoms with van der Waals surface area (Å²) >= 11 is 0. The van der Waals surface area contributed by atoms with Gasteiger partial charge >= 0.3 is 0 Å². The van der Waals surface area contributed by atoms with Gasteiger partial charge in [0.2, 0.25) is 0 Å². The molecule has 5 aromatic rings. The van der Waals surface area contributed by atoms with Gasteiger partial charge in [-0.1, -0.05) is 29.8 Å². The number of aromatic nitrogens is 3. The molecule has 192 valence electrons. The summed E-state index contributed by atoms with van der Waals surface area (Å²) in [5, 5.41) is 9.47. The molecule has 2 aromatic carbocycles. The first kappa shape index (κ1) is 27.6. The van der Waals surface area contributed by atoms with E-state index in [4.69, 9.17) is 14.6 Å². The fourth-order valence-electron chi connectivity index (χ4n) is 3.99. The number of carbonyl (C=O) groups excluding carboxylic acids is 1. The van der Waals surface area contributed by atoms with Crippen LogP contribution in [0.1, 0.15) is 13.8 Å². The molecule has 37 heavy (non-hydrogen) atoms. The van der Waals surface area contributed by atoms with Gasteiger partial charge in [-0.25, -0.2) is 0 Å². The molecule has 5 rings (SSSR count). The average molecular weight is 676 g/mol. The van der Waals surface area contributed by atoms with Crippen LogP contribution >= 0.6 is 0 Å². The summed E-state index contributed by atoms with van der Waals surface area (Å²) < 4.78 is 13.2. The number of aliphatic hydroxyl groups excluding tert-OH is 1. The zero-order valence-corrected chi connectivity index (χ0v) is 23.1. The summed E-state index contributed by atoms with van der Waals surface area (Å²) in [6, 6.07) is 23.3. The van der Waals surface area contributed by atoms with Gasteiger partial charge in [-0.05, 0) is 55.6 Å². The molecule has 1 N–H and O–H groups in total. The number of methoxy groups -OCH3 is 2. The number of benzene rings is 2. The van der Waals surface area contributed by atoms with Crippen molar-refractivity contribution < 1.29 is 40.4 Å². The number of fused-ring (bicyclic) bond motifs is 3. The number of para-hydroxylation sites is 1. The standard InChI is InChI=1S/C24H18N3O2.C5H8O2.Pt/c1-28-17-11-13-25-20(15-17)18-10-9-16(14-23(18)29-2)27-21-7-4-3-6-19(21)24-22(27)8-5-12-26-24;1-4(6)3-5(2)7;/h3-9,11-15H,1-2H3;3,6H,1-2H3;/q-1;;/b;4-3-;. The number of pyridine rings is 2. The van der Waals surface area contributed by atoms with Crippen LogP contribution in [0.15, 0.2) is 84.9 Å². The van der Waals surface area contributed by atoms with E-state index in [1.54, 1.807) is 20.4 Å². The zero-order valence-electron chi connectivity index (χ0n) is 20.8. The Labute approximate surface area is 229 Å². The number of nitrogens with zero attached hydrogens (tertiary/aromatic N) is 3. The summed E-state index contributed by atoms with van der Waals surface area (Å²) in [4.78, 5) is 19.1. The van der Waals surface area contributed by atoms with Crippen molar-refractivity contribution in [3.63, 3.8) is 0 Å². The maximum atomic E-state index is 10.0. The van der Waals surface area contributed by atoms with Crippen molar-refractivity contribution in [1.82, 2.24) is 14.5 Å². The zero-order chi connectivity index (χ0) is 25.7. The molecule has 0 saturated heterocycles. The largest absolute Gasteiger partial charge is 0.540 e. The molecule has 0 spiro atoms. The van der Waals surface area contributed by atoms with Gasteiger partial charge in [0.25, 0.3) is 0 Å². The Morgan fingerprint density at radius 3 is 2.41 bits per heavy atom. The minimum Gasteiger partial charge on any atom is -0.540 e. The van der Waals surface area contributed by atoms with Gasteiger partial charge in [0.15, 0.2) is 5.78 Å². The van der Waals surface area contributed by atoms with Crippen molar-refractivity contribution in [1.29, 1.82) is 0 Å². The molecule has 8 heteroatoms. The van der Waals surface area contributed by atoms with E-state index in [1.165, 1.54) is 19.9 Å². The first-order valence-electron chi connectivity index (χ1n) is 11.3. The number of ketones is 1. The Morgan fingerprint density at radius 1 is 0.973 bits per heavy atom. The summed E-state index contributed by atoms with van der Waals surface area (Å²) in [6.07, 6.45) is 4.71. The van der Waals surface area contributed by atoms with Gasteiger partial charge in [-0.2, -0.15) is 0 Å². The number of allylic oxidation sites excluding steroid dienone is 2. The molecule has 7 nitrogen and oxygen atoms in total. The van der Waals surface area contributed by atoms with Gasteiger partial charge in [-0.3, -0.25) is 9.78 Å². The Bertz CT molecular complexity index is 1520. The molecule has 0 saturated carbocycles. The molecular formula is C29H26N3O4Pt-. The fourth-order valence-corrected chi connectivity index (χ4v) is 3.99. The van der Waals surface area contributed by atoms with Crippen molar-refractivity contribution in [3.8, 4) is 28.4 Å². The first-order chi connectivity index (χ1) is 17.4. The van der Waals surface area contributed by atoms with E-state index in [-0.39, 0.29) is 32.6 Å². The number of hydrogen-bond donors (Lipinski definition) is 1. The minimum absolute atomic E-state index is 0. The molecule has 0 fully saturated rings. The van der Waals surface area contributed by atoms with E-state index in [1.807, 2.05) is 48.7 Å². The Balaban J connectivity index is 0.000000422. The third-order valence-corrected chi connectivity index (χ3v) is 5.43. The van der Waals surface area contributed by atoms with Crippen molar-refractivity contribution in [2.24, 2.45) is 0 Å². The van der Waals surface area contributed by atoms with E-state index in [0.29, 0.717) is 5.75 Å². The Morgan fingerprint density at radius 2 is 1.73 bits per heavy atom. The molecule has 0 amide bonds. The molecule has 0 aliphatic carbocycles. The molecule has 0 bridgehead atoms. The molecule has 0 aliphatic heterocycles. The number of rotatable bonds is 5.